The Morgan fingerprint density at radius 1 is 1.36 bits per heavy atom. The second kappa shape index (κ2) is 8.94. The largest absolute Gasteiger partial charge is 0.488 e. The van der Waals surface area contributed by atoms with Crippen molar-refractivity contribution in [2.45, 2.75) is 39.3 Å². The first-order chi connectivity index (χ1) is 13.1. The van der Waals surface area contributed by atoms with E-state index in [0.717, 1.165) is 41.9 Å². The molecule has 150 valence electrons. The number of furan rings is 1. The van der Waals surface area contributed by atoms with Crippen LogP contribution in [0.4, 0.5) is 0 Å². The molecular weight excluding hydrogens is 398 g/mol. The van der Waals surface area contributed by atoms with Crippen LogP contribution in [-0.4, -0.2) is 30.0 Å². The van der Waals surface area contributed by atoms with Gasteiger partial charge in [-0.25, -0.2) is 4.98 Å². The van der Waals surface area contributed by atoms with Gasteiger partial charge in [0.1, 0.15) is 23.7 Å². The third kappa shape index (κ3) is 4.32. The lowest BCUT2D eigenvalue weighted by Crippen LogP contribution is -2.42. The van der Waals surface area contributed by atoms with Crippen LogP contribution in [0.1, 0.15) is 39.5 Å². The van der Waals surface area contributed by atoms with Crippen molar-refractivity contribution in [3.63, 3.8) is 0 Å². The van der Waals surface area contributed by atoms with Gasteiger partial charge in [-0.05, 0) is 58.0 Å². The first kappa shape index (κ1) is 20.6. The molecule has 6 nitrogen and oxygen atoms in total. The average Bonchev–Trinajstić information content (AvgIpc) is 3.22. The molecule has 1 amide bonds. The van der Waals surface area contributed by atoms with Gasteiger partial charge in [0.25, 0.3) is 5.91 Å². The number of halogens is 1. The Morgan fingerprint density at radius 2 is 2.14 bits per heavy atom. The number of piperidine rings is 1. The number of nitrogens with one attached hydrogen (secondary N) is 2. The van der Waals surface area contributed by atoms with Gasteiger partial charge < -0.3 is 19.8 Å². The lowest BCUT2D eigenvalue weighted by atomic mass is 10.0. The molecule has 1 saturated heterocycles. The molecule has 0 saturated carbocycles. The van der Waals surface area contributed by atoms with E-state index < -0.39 is 0 Å². The van der Waals surface area contributed by atoms with Gasteiger partial charge in [-0.15, -0.1) is 23.7 Å². The number of ether oxygens (including phenoxy) is 1. The molecule has 4 rings (SSSR count). The molecule has 0 spiro atoms. The fourth-order valence-corrected chi connectivity index (χ4v) is 4.10. The van der Waals surface area contributed by atoms with Crippen molar-refractivity contribution in [2.75, 3.05) is 13.1 Å². The highest BCUT2D eigenvalue weighted by molar-refractivity contribution is 7.09. The molecule has 2 aromatic heterocycles. The first-order valence-corrected chi connectivity index (χ1v) is 10.1. The smallest absolute Gasteiger partial charge is 0.255 e. The quantitative estimate of drug-likeness (QED) is 0.651. The van der Waals surface area contributed by atoms with Crippen LogP contribution in [0.25, 0.3) is 11.0 Å². The van der Waals surface area contributed by atoms with Crippen LogP contribution in [0.3, 0.4) is 0 Å². The number of aromatic nitrogens is 1. The minimum absolute atomic E-state index is 0. The normalized spacial score (nSPS) is 14.6. The van der Waals surface area contributed by atoms with Gasteiger partial charge in [0.05, 0.1) is 21.6 Å². The first-order valence-electron chi connectivity index (χ1n) is 9.18. The van der Waals surface area contributed by atoms with Crippen LogP contribution in [0.2, 0.25) is 0 Å². The van der Waals surface area contributed by atoms with Crippen molar-refractivity contribution in [3.8, 4) is 5.75 Å². The van der Waals surface area contributed by atoms with Gasteiger partial charge in [0, 0.05) is 11.4 Å². The van der Waals surface area contributed by atoms with Crippen molar-refractivity contribution in [2.24, 2.45) is 0 Å². The predicted octanol–water partition coefficient (Wildman–Crippen LogP) is 3.99. The fraction of sp³-hybridized carbons (Fsp3) is 0.400. The molecular formula is C20H24ClN3O3S. The molecule has 0 aliphatic carbocycles. The molecule has 2 N–H and O–H groups in total. The summed E-state index contributed by atoms with van der Waals surface area (Å²) in [6.07, 6.45) is 1.90. The highest BCUT2D eigenvalue weighted by Crippen LogP contribution is 2.30. The van der Waals surface area contributed by atoms with Crippen molar-refractivity contribution in [1.29, 1.82) is 0 Å². The predicted molar refractivity (Wildman–Crippen MR) is 113 cm³/mol. The lowest BCUT2D eigenvalue weighted by molar-refractivity contribution is 0.0929. The monoisotopic (exact) mass is 421 g/mol. The van der Waals surface area contributed by atoms with Crippen LogP contribution < -0.4 is 15.4 Å². The number of benzene rings is 1. The number of hydrogen-bond donors (Lipinski definition) is 2. The van der Waals surface area contributed by atoms with Gasteiger partial charge in [0.15, 0.2) is 0 Å². The topological polar surface area (TPSA) is 76.4 Å². The molecule has 1 aromatic carbocycles. The van der Waals surface area contributed by atoms with E-state index in [4.69, 9.17) is 9.15 Å². The maximum Gasteiger partial charge on any atom is 0.255 e. The van der Waals surface area contributed by atoms with Crippen LogP contribution in [0, 0.1) is 13.8 Å². The van der Waals surface area contributed by atoms with E-state index in [1.165, 1.54) is 0 Å². The van der Waals surface area contributed by atoms with E-state index in [9.17, 15) is 4.79 Å². The maximum atomic E-state index is 12.9. The van der Waals surface area contributed by atoms with Gasteiger partial charge in [-0.3, -0.25) is 4.79 Å². The van der Waals surface area contributed by atoms with E-state index in [-0.39, 0.29) is 24.4 Å². The van der Waals surface area contributed by atoms with Gasteiger partial charge >= 0.3 is 0 Å². The van der Waals surface area contributed by atoms with Gasteiger partial charge in [-0.1, -0.05) is 0 Å². The average molecular weight is 422 g/mol. The molecule has 1 aliphatic rings. The SMILES string of the molecule is Cc1ncsc1COc1ccc2oc(C)c(C(=O)NC3CCNCC3)c2c1.Cl. The van der Waals surface area contributed by atoms with E-state index in [2.05, 4.69) is 15.6 Å². The molecule has 0 bridgehead atoms. The number of amides is 1. The summed E-state index contributed by atoms with van der Waals surface area (Å²) in [6, 6.07) is 5.82. The Hall–Kier alpha value is -2.09. The van der Waals surface area contributed by atoms with Crippen LogP contribution in [-0.2, 0) is 6.61 Å². The van der Waals surface area contributed by atoms with Crippen LogP contribution in [0.5, 0.6) is 5.75 Å². The van der Waals surface area contributed by atoms with Crippen molar-refractivity contribution in [3.05, 3.63) is 45.6 Å². The second-order valence-corrected chi connectivity index (χ2v) is 7.78. The number of rotatable bonds is 5. The molecule has 0 radical (unpaired) electrons. The number of carbonyl (C=O) groups excluding carboxylic acids is 1. The zero-order valence-electron chi connectivity index (χ0n) is 15.9. The number of nitrogens with zero attached hydrogens (tertiary/aromatic N) is 1. The Balaban J connectivity index is 0.00000225. The summed E-state index contributed by atoms with van der Waals surface area (Å²) in [4.78, 5) is 18.2. The third-order valence-electron chi connectivity index (χ3n) is 4.95. The Labute approximate surface area is 174 Å². The van der Waals surface area contributed by atoms with Crippen molar-refractivity contribution >= 4 is 40.6 Å². The highest BCUT2D eigenvalue weighted by atomic mass is 35.5. The Morgan fingerprint density at radius 3 is 2.86 bits per heavy atom. The van der Waals surface area contributed by atoms with Crippen LogP contribution >= 0.6 is 23.7 Å². The van der Waals surface area contributed by atoms with Crippen LogP contribution in [0.15, 0.2) is 28.1 Å². The van der Waals surface area contributed by atoms with Gasteiger partial charge in [-0.2, -0.15) is 0 Å². The molecule has 3 heterocycles. The summed E-state index contributed by atoms with van der Waals surface area (Å²) in [7, 11) is 0. The number of thiazole rings is 1. The standard InChI is InChI=1S/C20H23N3O3S.ClH/c1-12-18(27-11-22-12)10-25-15-3-4-17-16(9-15)19(13(2)26-17)20(24)23-14-5-7-21-8-6-14;/h3-4,9,11,14,21H,5-8,10H2,1-2H3,(H,23,24);1H. The number of carbonyl (C=O) groups is 1. The summed E-state index contributed by atoms with van der Waals surface area (Å²) in [5.41, 5.74) is 4.11. The summed E-state index contributed by atoms with van der Waals surface area (Å²) in [6.45, 7) is 6.14. The molecule has 0 unspecified atom stereocenters. The number of hydrogen-bond acceptors (Lipinski definition) is 6. The van der Waals surface area contributed by atoms with E-state index in [1.807, 2.05) is 37.6 Å². The highest BCUT2D eigenvalue weighted by Gasteiger charge is 2.22. The Kier molecular flexibility index (Phi) is 6.59. The summed E-state index contributed by atoms with van der Waals surface area (Å²) in [5.74, 6) is 1.27. The molecule has 1 fully saturated rings. The van der Waals surface area contributed by atoms with E-state index in [1.54, 1.807) is 11.3 Å². The molecule has 8 heteroatoms. The zero-order chi connectivity index (χ0) is 18.8. The third-order valence-corrected chi connectivity index (χ3v) is 5.86. The summed E-state index contributed by atoms with van der Waals surface area (Å²) < 4.78 is 11.7. The summed E-state index contributed by atoms with van der Waals surface area (Å²) in [5, 5.41) is 7.25. The molecule has 3 aromatic rings. The van der Waals surface area contributed by atoms with E-state index >= 15 is 0 Å². The lowest BCUT2D eigenvalue weighted by Gasteiger charge is -2.23. The van der Waals surface area contributed by atoms with Gasteiger partial charge in [0.2, 0.25) is 0 Å². The fourth-order valence-electron chi connectivity index (χ4n) is 3.41. The molecule has 0 atom stereocenters. The Bertz CT molecular complexity index is 963. The minimum atomic E-state index is -0.0754. The second-order valence-electron chi connectivity index (χ2n) is 6.84. The van der Waals surface area contributed by atoms with Crippen molar-refractivity contribution in [1.82, 2.24) is 15.6 Å². The zero-order valence-corrected chi connectivity index (χ0v) is 17.5. The maximum absolute atomic E-state index is 12.9. The minimum Gasteiger partial charge on any atom is -0.488 e. The number of aryl methyl sites for hydroxylation is 2. The number of fused-ring (bicyclic) bond motifs is 1. The molecule has 1 aliphatic heterocycles. The van der Waals surface area contributed by atoms with Crippen molar-refractivity contribution < 1.29 is 13.9 Å². The molecule has 28 heavy (non-hydrogen) atoms. The summed E-state index contributed by atoms with van der Waals surface area (Å²) >= 11 is 1.58. The van der Waals surface area contributed by atoms with E-state index in [0.29, 0.717) is 29.3 Å².